The Kier molecular flexibility index (Phi) is 12.6. The van der Waals surface area contributed by atoms with Gasteiger partial charge in [0.05, 0.1) is 39.1 Å². The molecule has 0 bridgehead atoms. The Balaban J connectivity index is 0.000000229. The largest absolute Gasteiger partial charge is 0.468 e. The van der Waals surface area contributed by atoms with Crippen molar-refractivity contribution < 1.29 is 46.1 Å². The summed E-state index contributed by atoms with van der Waals surface area (Å²) in [5.41, 5.74) is 0.194. The van der Waals surface area contributed by atoms with Crippen LogP contribution in [0.25, 0.3) is 0 Å². The number of benzene rings is 2. The van der Waals surface area contributed by atoms with Gasteiger partial charge in [-0.05, 0) is 48.4 Å². The molecule has 0 saturated carbocycles. The molecule has 2 aromatic carbocycles. The summed E-state index contributed by atoms with van der Waals surface area (Å²) in [6, 6.07) is 10.5. The third-order valence-corrected chi connectivity index (χ3v) is 7.62. The number of rotatable bonds is 8. The van der Waals surface area contributed by atoms with Gasteiger partial charge < -0.3 is 33.7 Å². The number of aryl methyl sites for hydroxylation is 2. The second-order valence-corrected chi connectivity index (χ2v) is 11.1. The average molecular weight is 679 g/mol. The summed E-state index contributed by atoms with van der Waals surface area (Å²) < 4.78 is 75.2. The molecule has 2 fully saturated rings. The molecule has 0 atom stereocenters. The minimum Gasteiger partial charge on any atom is -0.468 e. The van der Waals surface area contributed by atoms with E-state index in [1.165, 1.54) is 26.3 Å². The molecule has 48 heavy (non-hydrogen) atoms. The Morgan fingerprint density at radius 3 is 2.27 bits per heavy atom. The van der Waals surface area contributed by atoms with Crippen LogP contribution in [0.5, 0.6) is 11.5 Å². The first-order chi connectivity index (χ1) is 22.9. The molecule has 1 amide bonds. The van der Waals surface area contributed by atoms with Crippen molar-refractivity contribution in [2.75, 3.05) is 71.2 Å². The van der Waals surface area contributed by atoms with E-state index in [9.17, 15) is 31.9 Å². The Morgan fingerprint density at radius 2 is 1.65 bits per heavy atom. The van der Waals surface area contributed by atoms with Gasteiger partial charge in [0, 0.05) is 51.7 Å². The summed E-state index contributed by atoms with van der Waals surface area (Å²) >= 11 is 0. The normalized spacial score (nSPS) is 15.3. The molecular formula is C33H38F4N4O7. The molecule has 2 aliphatic heterocycles. The van der Waals surface area contributed by atoms with E-state index in [4.69, 9.17) is 14.2 Å². The molecule has 3 heterocycles. The zero-order valence-electron chi connectivity index (χ0n) is 26.9. The summed E-state index contributed by atoms with van der Waals surface area (Å²) in [4.78, 5) is 40.0. The zero-order chi connectivity index (χ0) is 34.8. The number of ether oxygens (including phenoxy) is 4. The van der Waals surface area contributed by atoms with Crippen LogP contribution in [0.15, 0.2) is 53.5 Å². The molecule has 5 rings (SSSR count). The van der Waals surface area contributed by atoms with Crippen molar-refractivity contribution >= 4 is 17.6 Å². The van der Waals surface area contributed by atoms with Crippen molar-refractivity contribution in [3.05, 3.63) is 87.1 Å². The van der Waals surface area contributed by atoms with Crippen LogP contribution in [0.2, 0.25) is 0 Å². The summed E-state index contributed by atoms with van der Waals surface area (Å²) in [6.45, 7) is 7.06. The lowest BCUT2D eigenvalue weighted by atomic mass is 10.0. The van der Waals surface area contributed by atoms with Crippen LogP contribution in [0.1, 0.15) is 27.0 Å². The molecule has 15 heteroatoms. The smallest absolute Gasteiger partial charge is 0.420 e. The number of morpholine rings is 2. The van der Waals surface area contributed by atoms with Crippen LogP contribution in [0, 0.1) is 12.7 Å². The van der Waals surface area contributed by atoms with Gasteiger partial charge in [-0.2, -0.15) is 13.2 Å². The van der Waals surface area contributed by atoms with Gasteiger partial charge in [-0.25, -0.2) is 4.39 Å². The molecule has 0 aliphatic carbocycles. The van der Waals surface area contributed by atoms with Crippen LogP contribution in [-0.2, 0) is 38.8 Å². The number of amides is 1. The molecule has 11 nitrogen and oxygen atoms in total. The van der Waals surface area contributed by atoms with Crippen LogP contribution >= 0.6 is 0 Å². The molecule has 1 N–H and O–H groups in total. The summed E-state index contributed by atoms with van der Waals surface area (Å²) in [5, 5.41) is 2.44. The highest BCUT2D eigenvalue weighted by atomic mass is 19.4. The number of carbonyl (C=O) groups is 2. The number of esters is 1. The summed E-state index contributed by atoms with van der Waals surface area (Å²) in [6.07, 6.45) is -3.58. The number of nitrogens with zero attached hydrogens (tertiary/aromatic N) is 3. The first kappa shape index (κ1) is 36.4. The van der Waals surface area contributed by atoms with Gasteiger partial charge in [0.15, 0.2) is 0 Å². The van der Waals surface area contributed by atoms with Gasteiger partial charge in [-0.3, -0.25) is 19.3 Å². The second kappa shape index (κ2) is 16.6. The molecule has 0 unspecified atom stereocenters. The lowest BCUT2D eigenvalue weighted by Crippen LogP contribution is -2.38. The quantitative estimate of drug-likeness (QED) is 0.280. The Morgan fingerprint density at radius 1 is 0.979 bits per heavy atom. The zero-order valence-corrected chi connectivity index (χ0v) is 26.9. The number of aromatic nitrogens is 1. The Hall–Kier alpha value is -4.47. The van der Waals surface area contributed by atoms with Crippen LogP contribution in [0.3, 0.4) is 0 Å². The lowest BCUT2D eigenvalue weighted by molar-refractivity contribution is -0.140. The van der Waals surface area contributed by atoms with E-state index in [1.807, 2.05) is 11.0 Å². The van der Waals surface area contributed by atoms with Crippen molar-refractivity contribution in [2.45, 2.75) is 19.6 Å². The maximum Gasteiger partial charge on any atom is 0.420 e. The molecule has 0 radical (unpaired) electrons. The number of hydrogen-bond acceptors (Lipinski definition) is 9. The van der Waals surface area contributed by atoms with E-state index in [-0.39, 0.29) is 17.9 Å². The number of anilines is 1. The SMILES string of the molecule is COC(=O)CNC(=O)c1c(F)cc(N2CCOCC2)cc1CN1CCOCC1.Cc1cccc(Oc2c(C(F)(F)F)ccn(C)c2=O)c1. The van der Waals surface area contributed by atoms with E-state index in [0.29, 0.717) is 64.7 Å². The predicted molar refractivity (Wildman–Crippen MR) is 168 cm³/mol. The van der Waals surface area contributed by atoms with Crippen LogP contribution in [0.4, 0.5) is 23.2 Å². The summed E-state index contributed by atoms with van der Waals surface area (Å²) in [7, 11) is 2.60. The van der Waals surface area contributed by atoms with E-state index in [1.54, 1.807) is 25.1 Å². The van der Waals surface area contributed by atoms with Gasteiger partial charge in [0.1, 0.15) is 23.7 Å². The van der Waals surface area contributed by atoms with Crippen molar-refractivity contribution in [2.24, 2.45) is 7.05 Å². The number of pyridine rings is 1. The highest BCUT2D eigenvalue weighted by molar-refractivity contribution is 5.98. The van der Waals surface area contributed by atoms with Crippen LogP contribution < -0.4 is 20.5 Å². The average Bonchev–Trinajstić information content (AvgIpc) is 3.06. The van der Waals surface area contributed by atoms with Gasteiger partial charge in [0.2, 0.25) is 5.75 Å². The van der Waals surface area contributed by atoms with Crippen LogP contribution in [-0.4, -0.2) is 87.6 Å². The minimum absolute atomic E-state index is 0.0348. The number of halogens is 4. The summed E-state index contributed by atoms with van der Waals surface area (Å²) in [5.74, 6) is -2.34. The predicted octanol–water partition coefficient (Wildman–Crippen LogP) is 3.90. The topological polar surface area (TPSA) is 112 Å². The minimum atomic E-state index is -4.65. The van der Waals surface area contributed by atoms with Crippen molar-refractivity contribution in [3.63, 3.8) is 0 Å². The molecule has 0 spiro atoms. The first-order valence-corrected chi connectivity index (χ1v) is 15.2. The highest BCUT2D eigenvalue weighted by Gasteiger charge is 2.36. The number of alkyl halides is 3. The Labute approximate surface area is 274 Å². The highest BCUT2D eigenvalue weighted by Crippen LogP contribution is 2.36. The molecular weight excluding hydrogens is 640 g/mol. The van der Waals surface area contributed by atoms with E-state index >= 15 is 0 Å². The van der Waals surface area contributed by atoms with Gasteiger partial charge in [-0.15, -0.1) is 0 Å². The van der Waals surface area contributed by atoms with E-state index in [2.05, 4.69) is 15.0 Å². The van der Waals surface area contributed by atoms with Gasteiger partial charge in [0.25, 0.3) is 11.5 Å². The Bertz CT molecular complexity index is 1640. The maximum atomic E-state index is 15.0. The third kappa shape index (κ3) is 9.78. The van der Waals surface area contributed by atoms with Gasteiger partial charge >= 0.3 is 12.1 Å². The van der Waals surface area contributed by atoms with E-state index in [0.717, 1.165) is 28.1 Å². The molecule has 260 valence electrons. The maximum absolute atomic E-state index is 15.0. The van der Waals surface area contributed by atoms with Gasteiger partial charge in [-0.1, -0.05) is 12.1 Å². The fourth-order valence-corrected chi connectivity index (χ4v) is 5.07. The molecule has 1 aromatic heterocycles. The number of carbonyl (C=O) groups excluding carboxylic acids is 2. The van der Waals surface area contributed by atoms with Crippen molar-refractivity contribution in [1.29, 1.82) is 0 Å². The van der Waals surface area contributed by atoms with Crippen molar-refractivity contribution in [1.82, 2.24) is 14.8 Å². The standard InChI is InChI=1S/C19H26FN3O5.C14H12F3NO2/c1-26-17(24)12-21-19(25)18-14(13-22-2-6-27-7-3-22)10-15(11-16(18)20)23-4-8-28-9-5-23;1-9-4-3-5-10(8-9)20-12-11(14(15,16)17)6-7-18(2)13(12)19/h10-11H,2-9,12-13H2,1H3,(H,21,25);3-8H,1-2H3. The molecule has 2 aliphatic rings. The number of methoxy groups -OCH3 is 1. The first-order valence-electron chi connectivity index (χ1n) is 15.2. The van der Waals surface area contributed by atoms with Crippen molar-refractivity contribution in [3.8, 4) is 11.5 Å². The molecule has 3 aromatic rings. The fraction of sp³-hybridized carbons (Fsp3) is 0.424. The van der Waals surface area contributed by atoms with E-state index < -0.39 is 40.7 Å². The fourth-order valence-electron chi connectivity index (χ4n) is 5.07. The second-order valence-electron chi connectivity index (χ2n) is 11.1. The monoisotopic (exact) mass is 678 g/mol. The number of hydrogen-bond donors (Lipinski definition) is 1. The molecule has 2 saturated heterocycles. The lowest BCUT2D eigenvalue weighted by Gasteiger charge is -2.31. The third-order valence-electron chi connectivity index (χ3n) is 7.62. The number of nitrogens with one attached hydrogen (secondary N) is 1.